The van der Waals surface area contributed by atoms with Crippen molar-refractivity contribution in [2.75, 3.05) is 12.4 Å². The predicted molar refractivity (Wildman–Crippen MR) is 131 cm³/mol. The molecule has 160 valence electrons. The van der Waals surface area contributed by atoms with Crippen LogP contribution in [0.25, 0.3) is 0 Å². The monoisotopic (exact) mass is 528 g/mol. The summed E-state index contributed by atoms with van der Waals surface area (Å²) in [4.78, 5) is 1.98. The summed E-state index contributed by atoms with van der Waals surface area (Å²) in [5, 5.41) is 14.1. The Bertz CT molecular complexity index is 1080. The number of anilines is 1. The summed E-state index contributed by atoms with van der Waals surface area (Å²) < 4.78 is 4.86. The number of nitrogens with zero attached hydrogens (tertiary/aromatic N) is 5. The molecule has 0 amide bonds. The lowest BCUT2D eigenvalue weighted by Crippen LogP contribution is -2.32. The third-order valence-corrected chi connectivity index (χ3v) is 6.68. The van der Waals surface area contributed by atoms with Crippen LogP contribution in [0.2, 0.25) is 10.0 Å². The molecule has 30 heavy (non-hydrogen) atoms. The van der Waals surface area contributed by atoms with Gasteiger partial charge < -0.3 is 10.2 Å². The first-order valence-electron chi connectivity index (χ1n) is 9.41. The zero-order chi connectivity index (χ0) is 22.0. The second-order valence-corrected chi connectivity index (χ2v) is 9.05. The lowest BCUT2D eigenvalue weighted by molar-refractivity contribution is 0.470. The number of aromatic nitrogens is 4. The Morgan fingerprint density at radius 1 is 1.23 bits per heavy atom. The molecule has 0 aliphatic carbocycles. The molecule has 0 unspecified atom stereocenters. The molecule has 0 radical (unpaired) electrons. The average Bonchev–Trinajstić information content (AvgIpc) is 3.18. The van der Waals surface area contributed by atoms with E-state index in [-0.39, 0.29) is 0 Å². The number of halogens is 3. The van der Waals surface area contributed by atoms with Gasteiger partial charge in [0.25, 0.3) is 0 Å². The number of hydrogen-bond donors (Lipinski definition) is 1. The number of rotatable bonds is 6. The van der Waals surface area contributed by atoms with Crippen molar-refractivity contribution in [3.63, 3.8) is 0 Å². The highest BCUT2D eigenvalue weighted by Gasteiger charge is 2.17. The van der Waals surface area contributed by atoms with Gasteiger partial charge in [-0.15, -0.1) is 0 Å². The summed E-state index contributed by atoms with van der Waals surface area (Å²) in [7, 11) is 1.96. The fourth-order valence-electron chi connectivity index (χ4n) is 3.16. The Kier molecular flexibility index (Phi) is 7.44. The van der Waals surface area contributed by atoms with Gasteiger partial charge in [-0.05, 0) is 66.6 Å². The van der Waals surface area contributed by atoms with Gasteiger partial charge in [0.15, 0.2) is 5.11 Å². The van der Waals surface area contributed by atoms with Crippen LogP contribution in [-0.4, -0.2) is 36.6 Å². The van der Waals surface area contributed by atoms with Crippen LogP contribution in [0.15, 0.2) is 28.9 Å². The largest absolute Gasteiger partial charge is 0.346 e. The molecule has 10 heteroatoms. The van der Waals surface area contributed by atoms with Gasteiger partial charge in [-0.3, -0.25) is 9.36 Å². The van der Waals surface area contributed by atoms with E-state index < -0.39 is 0 Å². The summed E-state index contributed by atoms with van der Waals surface area (Å²) in [6.07, 6.45) is 1.81. The van der Waals surface area contributed by atoms with E-state index in [0.717, 1.165) is 39.4 Å². The van der Waals surface area contributed by atoms with Crippen molar-refractivity contribution in [1.82, 2.24) is 24.5 Å². The maximum absolute atomic E-state index is 6.14. The normalized spacial score (nSPS) is 11.0. The summed E-state index contributed by atoms with van der Waals surface area (Å²) >= 11 is 21.4. The number of thiocarbonyl (C=S) groups is 1. The SMILES string of the molecule is CCn1ncc(Br)c1CN(C)C(=S)Nc1c(C)nn(Cc2ccc(Cl)c(Cl)c2)c1C. The van der Waals surface area contributed by atoms with Crippen LogP contribution < -0.4 is 5.32 Å². The molecule has 0 spiro atoms. The molecule has 3 aromatic rings. The lowest BCUT2D eigenvalue weighted by Gasteiger charge is -2.22. The van der Waals surface area contributed by atoms with Gasteiger partial charge in [-0.25, -0.2) is 0 Å². The van der Waals surface area contributed by atoms with Crippen molar-refractivity contribution >= 4 is 62.1 Å². The fourth-order valence-corrected chi connectivity index (χ4v) is 4.07. The van der Waals surface area contributed by atoms with Gasteiger partial charge in [0.05, 0.1) is 56.6 Å². The van der Waals surface area contributed by atoms with Crippen LogP contribution in [0.3, 0.4) is 0 Å². The zero-order valence-electron chi connectivity index (χ0n) is 17.2. The summed E-state index contributed by atoms with van der Waals surface area (Å²) in [6, 6.07) is 5.61. The highest BCUT2D eigenvalue weighted by molar-refractivity contribution is 9.10. The van der Waals surface area contributed by atoms with Gasteiger partial charge in [0.2, 0.25) is 0 Å². The van der Waals surface area contributed by atoms with E-state index in [4.69, 9.17) is 35.4 Å². The van der Waals surface area contributed by atoms with Gasteiger partial charge in [-0.2, -0.15) is 10.2 Å². The molecule has 1 aromatic carbocycles. The smallest absolute Gasteiger partial charge is 0.173 e. The van der Waals surface area contributed by atoms with Crippen molar-refractivity contribution in [2.24, 2.45) is 0 Å². The second-order valence-electron chi connectivity index (χ2n) is 6.99. The van der Waals surface area contributed by atoms with E-state index >= 15 is 0 Å². The van der Waals surface area contributed by atoms with Crippen molar-refractivity contribution in [3.8, 4) is 0 Å². The highest BCUT2D eigenvalue weighted by Crippen LogP contribution is 2.25. The highest BCUT2D eigenvalue weighted by atomic mass is 79.9. The Labute approximate surface area is 200 Å². The maximum atomic E-state index is 6.14. The van der Waals surface area contributed by atoms with Crippen LogP contribution in [0.5, 0.6) is 0 Å². The zero-order valence-corrected chi connectivity index (χ0v) is 21.1. The van der Waals surface area contributed by atoms with Gasteiger partial charge in [0, 0.05) is 13.6 Å². The first-order valence-corrected chi connectivity index (χ1v) is 11.4. The van der Waals surface area contributed by atoms with E-state index in [2.05, 4.69) is 38.4 Å². The van der Waals surface area contributed by atoms with Crippen molar-refractivity contribution < 1.29 is 0 Å². The second kappa shape index (κ2) is 9.68. The number of benzene rings is 1. The van der Waals surface area contributed by atoms with E-state index in [1.807, 2.05) is 53.5 Å². The van der Waals surface area contributed by atoms with Crippen LogP contribution in [-0.2, 0) is 19.6 Å². The summed E-state index contributed by atoms with van der Waals surface area (Å²) in [5.74, 6) is 0. The van der Waals surface area contributed by atoms with Gasteiger partial charge >= 0.3 is 0 Å². The standard InChI is InChI=1S/C20H23BrCl2N6S/c1-5-28-18(15(21)9-24-28)11-27(4)20(30)25-19-12(2)26-29(13(19)3)10-14-6-7-16(22)17(23)8-14/h6-9H,5,10-11H2,1-4H3,(H,25,30). The molecule has 0 saturated carbocycles. The molecular weight excluding hydrogens is 507 g/mol. The van der Waals surface area contributed by atoms with Crippen LogP contribution >= 0.6 is 51.3 Å². The van der Waals surface area contributed by atoms with Crippen LogP contribution in [0.1, 0.15) is 29.6 Å². The molecular formula is C20H23BrCl2N6S. The van der Waals surface area contributed by atoms with E-state index in [1.54, 1.807) is 6.07 Å². The number of hydrogen-bond acceptors (Lipinski definition) is 3. The van der Waals surface area contributed by atoms with Crippen molar-refractivity contribution in [1.29, 1.82) is 0 Å². The Hall–Kier alpha value is -1.61. The number of aryl methyl sites for hydroxylation is 2. The van der Waals surface area contributed by atoms with Crippen molar-refractivity contribution in [3.05, 3.63) is 61.6 Å². The first kappa shape index (κ1) is 23.1. The van der Waals surface area contributed by atoms with Crippen molar-refractivity contribution in [2.45, 2.75) is 40.4 Å². The number of nitrogens with one attached hydrogen (secondary N) is 1. The molecule has 2 heterocycles. The van der Waals surface area contributed by atoms with Gasteiger partial charge in [0.1, 0.15) is 0 Å². The third-order valence-electron chi connectivity index (χ3n) is 4.86. The molecule has 1 N–H and O–H groups in total. The van der Waals surface area contributed by atoms with E-state index in [1.165, 1.54) is 0 Å². The maximum Gasteiger partial charge on any atom is 0.173 e. The molecule has 0 aliphatic heterocycles. The lowest BCUT2D eigenvalue weighted by atomic mass is 10.2. The fraction of sp³-hybridized carbons (Fsp3) is 0.350. The molecule has 6 nitrogen and oxygen atoms in total. The minimum Gasteiger partial charge on any atom is -0.346 e. The van der Waals surface area contributed by atoms with E-state index in [9.17, 15) is 0 Å². The van der Waals surface area contributed by atoms with Crippen LogP contribution in [0.4, 0.5) is 5.69 Å². The topological polar surface area (TPSA) is 50.9 Å². The molecule has 0 atom stereocenters. The Morgan fingerprint density at radius 2 is 1.97 bits per heavy atom. The van der Waals surface area contributed by atoms with Gasteiger partial charge in [-0.1, -0.05) is 29.3 Å². The predicted octanol–water partition coefficient (Wildman–Crippen LogP) is 5.66. The third kappa shape index (κ3) is 4.99. The molecule has 0 bridgehead atoms. The van der Waals surface area contributed by atoms with E-state index in [0.29, 0.717) is 28.2 Å². The Morgan fingerprint density at radius 3 is 2.63 bits per heavy atom. The molecule has 0 saturated heterocycles. The average molecular weight is 530 g/mol. The quantitative estimate of drug-likeness (QED) is 0.417. The Balaban J connectivity index is 1.74. The molecule has 0 fully saturated rings. The molecule has 0 aliphatic rings. The minimum atomic E-state index is 0.536. The molecule has 2 aromatic heterocycles. The minimum absolute atomic E-state index is 0.536. The molecule has 3 rings (SSSR count). The first-order chi connectivity index (χ1) is 14.2. The summed E-state index contributed by atoms with van der Waals surface area (Å²) in [6.45, 7) is 8.08. The summed E-state index contributed by atoms with van der Waals surface area (Å²) in [5.41, 5.74) is 4.89. The van der Waals surface area contributed by atoms with Crippen LogP contribution in [0, 0.1) is 13.8 Å².